The number of amides is 1. The number of nitrogens with zero attached hydrogens (tertiary/aromatic N) is 1. The van der Waals surface area contributed by atoms with Crippen LogP contribution in [-0.2, 0) is 26.4 Å². The lowest BCUT2D eigenvalue weighted by Crippen LogP contribution is -2.40. The highest BCUT2D eigenvalue weighted by atomic mass is 32.3. The Morgan fingerprint density at radius 2 is 1.95 bits per heavy atom. The fourth-order valence-electron chi connectivity index (χ4n) is 2.24. The van der Waals surface area contributed by atoms with Crippen LogP contribution in [0.1, 0.15) is 12.0 Å². The highest BCUT2D eigenvalue weighted by molar-refractivity contribution is 7.87. The Hall–Kier alpha value is -2.16. The van der Waals surface area contributed by atoms with Crippen LogP contribution in [0.15, 0.2) is 30.3 Å². The minimum Gasteiger partial charge on any atom is -0.480 e. The third kappa shape index (κ3) is 3.73. The van der Waals surface area contributed by atoms with Crippen molar-refractivity contribution < 1.29 is 31.7 Å². The van der Waals surface area contributed by atoms with E-state index < -0.39 is 46.5 Å². The van der Waals surface area contributed by atoms with Crippen molar-refractivity contribution in [1.29, 1.82) is 0 Å². The largest absolute Gasteiger partial charge is 0.480 e. The maximum atomic E-state index is 13.0. The van der Waals surface area contributed by atoms with Gasteiger partial charge in [-0.1, -0.05) is 30.3 Å². The van der Waals surface area contributed by atoms with Gasteiger partial charge in [-0.05, 0) is 12.0 Å². The predicted octanol–water partition coefficient (Wildman–Crippen LogP) is 1.15. The summed E-state index contributed by atoms with van der Waals surface area (Å²) in [5.41, 5.74) is 0.691. The number of halogens is 1. The smallest absolute Gasteiger partial charge is 0.410 e. The van der Waals surface area contributed by atoms with Crippen molar-refractivity contribution in [3.05, 3.63) is 35.9 Å². The van der Waals surface area contributed by atoms with Crippen LogP contribution in [0.5, 0.6) is 0 Å². The van der Waals surface area contributed by atoms with Crippen LogP contribution in [0.4, 0.5) is 8.68 Å². The molecule has 1 aromatic carbocycles. The van der Waals surface area contributed by atoms with E-state index in [1.165, 1.54) is 0 Å². The Balaban J connectivity index is 2.05. The molecule has 2 unspecified atom stereocenters. The van der Waals surface area contributed by atoms with Gasteiger partial charge in [0.25, 0.3) is 0 Å². The highest BCUT2D eigenvalue weighted by Crippen LogP contribution is 2.25. The van der Waals surface area contributed by atoms with Crippen molar-refractivity contribution in [2.45, 2.75) is 24.3 Å². The van der Waals surface area contributed by atoms with Crippen molar-refractivity contribution in [3.8, 4) is 0 Å². The monoisotopic (exact) mass is 331 g/mol. The molecular formula is C13H14FNO6S. The molecule has 0 aromatic heterocycles. The number of carbonyl (C=O) groups is 2. The third-order valence-electron chi connectivity index (χ3n) is 3.39. The lowest BCUT2D eigenvalue weighted by molar-refractivity contribution is -0.141. The second-order valence-electron chi connectivity index (χ2n) is 4.88. The number of likely N-dealkylation sites (tertiary alicyclic amines) is 1. The zero-order valence-corrected chi connectivity index (χ0v) is 12.2. The lowest BCUT2D eigenvalue weighted by Gasteiger charge is -2.20. The summed E-state index contributed by atoms with van der Waals surface area (Å²) in [7, 11) is -4.92. The second kappa shape index (κ2) is 6.30. The van der Waals surface area contributed by atoms with Crippen LogP contribution in [0, 0.1) is 0 Å². The first-order valence-electron chi connectivity index (χ1n) is 6.42. The summed E-state index contributed by atoms with van der Waals surface area (Å²) >= 11 is 0. The maximum Gasteiger partial charge on any atom is 0.410 e. The van der Waals surface area contributed by atoms with Crippen LogP contribution < -0.4 is 0 Å². The van der Waals surface area contributed by atoms with Crippen LogP contribution in [0.25, 0.3) is 0 Å². The minimum absolute atomic E-state index is 0.0877. The summed E-state index contributed by atoms with van der Waals surface area (Å²) in [6, 6.07) is 7.26. The number of aliphatic carboxylic acids is 1. The maximum absolute atomic E-state index is 13.0. The normalized spacial score (nSPS) is 21.6. The van der Waals surface area contributed by atoms with Crippen LogP contribution in [0.2, 0.25) is 0 Å². The van der Waals surface area contributed by atoms with E-state index in [1.807, 2.05) is 0 Å². The fourth-order valence-corrected chi connectivity index (χ4v) is 2.99. The number of ether oxygens (including phenoxy) is 1. The molecule has 1 N–H and O–H groups in total. The van der Waals surface area contributed by atoms with Gasteiger partial charge in [0.15, 0.2) is 0 Å². The molecule has 0 radical (unpaired) electrons. The molecule has 0 bridgehead atoms. The molecule has 2 rings (SSSR count). The Morgan fingerprint density at radius 3 is 2.50 bits per heavy atom. The van der Waals surface area contributed by atoms with Gasteiger partial charge in [0, 0.05) is 6.54 Å². The highest BCUT2D eigenvalue weighted by Gasteiger charge is 2.46. The molecule has 1 heterocycles. The number of carbonyl (C=O) groups excluding carboxylic acids is 1. The number of carboxylic acids is 1. The van der Waals surface area contributed by atoms with Crippen LogP contribution >= 0.6 is 0 Å². The number of carboxylic acid groups (broad SMARTS) is 1. The molecule has 0 spiro atoms. The van der Waals surface area contributed by atoms with E-state index in [4.69, 9.17) is 9.84 Å². The molecule has 22 heavy (non-hydrogen) atoms. The van der Waals surface area contributed by atoms with Crippen molar-refractivity contribution in [3.63, 3.8) is 0 Å². The standard InChI is InChI=1S/C13H14FNO6S/c14-22(19,20)10-6-11(12(16)17)15(7-10)13(18)21-8-9-4-2-1-3-5-9/h1-5,10-11H,6-8H2,(H,16,17). The molecule has 7 nitrogen and oxygen atoms in total. The number of hydrogen-bond acceptors (Lipinski definition) is 5. The molecule has 0 saturated carbocycles. The fraction of sp³-hybridized carbons (Fsp3) is 0.385. The zero-order valence-electron chi connectivity index (χ0n) is 11.4. The molecule has 2 atom stereocenters. The average molecular weight is 331 g/mol. The first-order chi connectivity index (χ1) is 10.3. The first-order valence-corrected chi connectivity index (χ1v) is 7.87. The molecule has 120 valence electrons. The van der Waals surface area contributed by atoms with Gasteiger partial charge < -0.3 is 9.84 Å². The number of rotatable bonds is 4. The summed E-state index contributed by atoms with van der Waals surface area (Å²) in [6.45, 7) is -0.626. The van der Waals surface area contributed by atoms with Gasteiger partial charge in [-0.25, -0.2) is 9.59 Å². The zero-order chi connectivity index (χ0) is 16.3. The van der Waals surface area contributed by atoms with Crippen LogP contribution in [-0.4, -0.2) is 48.3 Å². The predicted molar refractivity (Wildman–Crippen MR) is 73.2 cm³/mol. The lowest BCUT2D eigenvalue weighted by atomic mass is 10.2. The molecule has 1 aromatic rings. The molecule has 1 aliphatic rings. The molecule has 0 aliphatic carbocycles. The summed E-state index contributed by atoms with van der Waals surface area (Å²) in [4.78, 5) is 23.8. The van der Waals surface area contributed by atoms with Crippen molar-refractivity contribution in [1.82, 2.24) is 4.90 Å². The number of benzene rings is 1. The van der Waals surface area contributed by atoms with E-state index in [2.05, 4.69) is 0 Å². The molecule has 1 amide bonds. The Morgan fingerprint density at radius 1 is 1.32 bits per heavy atom. The van der Waals surface area contributed by atoms with Crippen molar-refractivity contribution in [2.24, 2.45) is 0 Å². The summed E-state index contributed by atoms with van der Waals surface area (Å²) < 4.78 is 39.8. The first kappa shape index (κ1) is 16.2. The van der Waals surface area contributed by atoms with Gasteiger partial charge in [0.2, 0.25) is 0 Å². The van der Waals surface area contributed by atoms with Gasteiger partial charge in [0.1, 0.15) is 17.9 Å². The SMILES string of the molecule is O=C(O)C1CC(S(=O)(=O)F)CN1C(=O)OCc1ccccc1. The van der Waals surface area contributed by atoms with E-state index >= 15 is 0 Å². The molecule has 1 saturated heterocycles. The Kier molecular flexibility index (Phi) is 4.65. The van der Waals surface area contributed by atoms with Crippen molar-refractivity contribution >= 4 is 22.3 Å². The topological polar surface area (TPSA) is 101 Å². The van der Waals surface area contributed by atoms with Gasteiger partial charge in [-0.3, -0.25) is 4.90 Å². The average Bonchev–Trinajstić information content (AvgIpc) is 2.91. The van der Waals surface area contributed by atoms with E-state index in [1.54, 1.807) is 30.3 Å². The Labute approximate surface area is 126 Å². The van der Waals surface area contributed by atoms with Crippen molar-refractivity contribution in [2.75, 3.05) is 6.54 Å². The molecule has 1 aliphatic heterocycles. The van der Waals surface area contributed by atoms with E-state index in [9.17, 15) is 21.9 Å². The second-order valence-corrected chi connectivity index (χ2v) is 6.50. The molecule has 1 fully saturated rings. The summed E-state index contributed by atoms with van der Waals surface area (Å²) in [6.07, 6.45) is -1.48. The summed E-state index contributed by atoms with van der Waals surface area (Å²) in [5.74, 6) is -1.40. The van der Waals surface area contributed by atoms with Gasteiger partial charge in [0.05, 0.1) is 0 Å². The van der Waals surface area contributed by atoms with Crippen LogP contribution in [0.3, 0.4) is 0 Å². The van der Waals surface area contributed by atoms with Gasteiger partial charge >= 0.3 is 22.3 Å². The van der Waals surface area contributed by atoms with E-state index in [0.29, 0.717) is 5.56 Å². The summed E-state index contributed by atoms with van der Waals surface area (Å²) in [5, 5.41) is 7.49. The van der Waals surface area contributed by atoms with Gasteiger partial charge in [-0.15, -0.1) is 3.89 Å². The van der Waals surface area contributed by atoms with E-state index in [0.717, 1.165) is 4.90 Å². The number of hydrogen-bond donors (Lipinski definition) is 1. The minimum atomic E-state index is -4.92. The Bertz CT molecular complexity index is 662. The quantitative estimate of drug-likeness (QED) is 0.831. The van der Waals surface area contributed by atoms with Gasteiger partial charge in [-0.2, -0.15) is 8.42 Å². The molecule has 9 heteroatoms. The third-order valence-corrected chi connectivity index (χ3v) is 4.52. The molecular weight excluding hydrogens is 317 g/mol. The van der Waals surface area contributed by atoms with E-state index in [-0.39, 0.29) is 6.61 Å².